The van der Waals surface area contributed by atoms with Gasteiger partial charge < -0.3 is 9.80 Å². The van der Waals surface area contributed by atoms with Crippen LogP contribution in [-0.4, -0.2) is 56.9 Å². The number of benzene rings is 1. The molecule has 1 saturated heterocycles. The molecule has 0 bridgehead atoms. The predicted octanol–water partition coefficient (Wildman–Crippen LogP) is 1.08. The molecule has 3 rings (SSSR count). The first kappa shape index (κ1) is 15.3. The van der Waals surface area contributed by atoms with Crippen LogP contribution < -0.4 is 4.90 Å². The minimum Gasteiger partial charge on any atom is -0.362 e. The van der Waals surface area contributed by atoms with Crippen LogP contribution >= 0.6 is 0 Å². The predicted molar refractivity (Wildman–Crippen MR) is 86.8 cm³/mol. The molecular weight excluding hydrogens is 300 g/mol. The fourth-order valence-corrected chi connectivity index (χ4v) is 5.11. The van der Waals surface area contributed by atoms with E-state index in [4.69, 9.17) is 0 Å². The van der Waals surface area contributed by atoms with E-state index in [9.17, 15) is 13.2 Å². The highest BCUT2D eigenvalue weighted by atomic mass is 32.2. The first-order chi connectivity index (χ1) is 10.5. The molecule has 0 aliphatic carbocycles. The summed E-state index contributed by atoms with van der Waals surface area (Å²) in [6, 6.07) is 8.02. The van der Waals surface area contributed by atoms with Crippen LogP contribution in [0.2, 0.25) is 0 Å². The van der Waals surface area contributed by atoms with E-state index in [0.717, 1.165) is 25.1 Å². The number of sulfone groups is 1. The van der Waals surface area contributed by atoms with Crippen LogP contribution in [0.4, 0.5) is 5.69 Å². The summed E-state index contributed by atoms with van der Waals surface area (Å²) in [5, 5.41) is 0. The first-order valence-electron chi connectivity index (χ1n) is 7.75. The van der Waals surface area contributed by atoms with E-state index >= 15 is 0 Å². The zero-order valence-corrected chi connectivity index (χ0v) is 13.7. The summed E-state index contributed by atoms with van der Waals surface area (Å²) in [5.41, 5.74) is 2.42. The van der Waals surface area contributed by atoms with Gasteiger partial charge in [-0.1, -0.05) is 18.2 Å². The van der Waals surface area contributed by atoms with Crippen molar-refractivity contribution in [3.8, 4) is 0 Å². The minimum atomic E-state index is -2.96. The summed E-state index contributed by atoms with van der Waals surface area (Å²) in [4.78, 5) is 16.2. The monoisotopic (exact) mass is 322 g/mol. The highest BCUT2D eigenvalue weighted by molar-refractivity contribution is 7.91. The van der Waals surface area contributed by atoms with Crippen molar-refractivity contribution < 1.29 is 13.2 Å². The van der Waals surface area contributed by atoms with E-state index in [1.807, 2.05) is 12.1 Å². The maximum atomic E-state index is 12.5. The fraction of sp³-hybridized carbons (Fsp3) is 0.562. The number of likely N-dealkylation sites (N-methyl/N-ethyl adjacent to an activating group) is 1. The molecule has 6 heteroatoms. The van der Waals surface area contributed by atoms with Gasteiger partial charge in [0.05, 0.1) is 18.1 Å². The standard InChI is InChI=1S/C16H22N2O3S/c1-17(14-8-10-22(20,21)12-14)16(19)11-18-9-4-6-13-5-2-3-7-15(13)18/h2-3,5,7,14H,4,6,8-12H2,1H3/t14-/m0/s1. The Morgan fingerprint density at radius 2 is 2.14 bits per heavy atom. The van der Waals surface area contributed by atoms with Gasteiger partial charge >= 0.3 is 0 Å². The molecule has 1 aromatic rings. The number of carbonyl (C=O) groups is 1. The van der Waals surface area contributed by atoms with E-state index in [1.54, 1.807) is 11.9 Å². The third kappa shape index (κ3) is 3.11. The number of anilines is 1. The highest BCUT2D eigenvalue weighted by Crippen LogP contribution is 2.26. The number of aryl methyl sites for hydroxylation is 1. The smallest absolute Gasteiger partial charge is 0.242 e. The van der Waals surface area contributed by atoms with Gasteiger partial charge in [0.1, 0.15) is 0 Å². The zero-order chi connectivity index (χ0) is 15.7. The van der Waals surface area contributed by atoms with Crippen LogP contribution in [0.1, 0.15) is 18.4 Å². The molecule has 1 amide bonds. The van der Waals surface area contributed by atoms with Crippen molar-refractivity contribution in [2.45, 2.75) is 25.3 Å². The largest absolute Gasteiger partial charge is 0.362 e. The van der Waals surface area contributed by atoms with Crippen LogP contribution in [0.25, 0.3) is 0 Å². The van der Waals surface area contributed by atoms with Gasteiger partial charge in [0.25, 0.3) is 0 Å². The third-order valence-corrected chi connectivity index (χ3v) is 6.43. The van der Waals surface area contributed by atoms with Gasteiger partial charge in [0.15, 0.2) is 9.84 Å². The number of carbonyl (C=O) groups excluding carboxylic acids is 1. The lowest BCUT2D eigenvalue weighted by molar-refractivity contribution is -0.130. The first-order valence-corrected chi connectivity index (χ1v) is 9.57. The molecule has 0 saturated carbocycles. The Hall–Kier alpha value is -1.56. The summed E-state index contributed by atoms with van der Waals surface area (Å²) in [6.45, 7) is 1.20. The molecule has 1 atom stereocenters. The Morgan fingerprint density at radius 3 is 2.86 bits per heavy atom. The lowest BCUT2D eigenvalue weighted by Gasteiger charge is -2.33. The van der Waals surface area contributed by atoms with Gasteiger partial charge in [-0.25, -0.2) is 8.42 Å². The molecule has 1 fully saturated rings. The summed E-state index contributed by atoms with van der Waals surface area (Å²) in [5.74, 6) is 0.298. The number of hydrogen-bond donors (Lipinski definition) is 0. The van der Waals surface area contributed by atoms with Crippen LogP contribution in [0.3, 0.4) is 0 Å². The van der Waals surface area contributed by atoms with E-state index in [0.29, 0.717) is 13.0 Å². The van der Waals surface area contributed by atoms with Crippen LogP contribution in [-0.2, 0) is 21.1 Å². The second-order valence-corrected chi connectivity index (χ2v) is 8.44. The van der Waals surface area contributed by atoms with Gasteiger partial charge in [0.2, 0.25) is 5.91 Å². The Morgan fingerprint density at radius 1 is 1.36 bits per heavy atom. The van der Waals surface area contributed by atoms with Crippen LogP contribution in [0.5, 0.6) is 0 Å². The average Bonchev–Trinajstić information content (AvgIpc) is 2.87. The van der Waals surface area contributed by atoms with E-state index < -0.39 is 9.84 Å². The summed E-state index contributed by atoms with van der Waals surface area (Å²) < 4.78 is 23.1. The third-order valence-electron chi connectivity index (χ3n) is 4.68. The van der Waals surface area contributed by atoms with E-state index in [2.05, 4.69) is 17.0 Å². The van der Waals surface area contributed by atoms with Crippen molar-refractivity contribution in [2.75, 3.05) is 36.5 Å². The van der Waals surface area contributed by atoms with Gasteiger partial charge in [-0.3, -0.25) is 4.79 Å². The van der Waals surface area contributed by atoms with Crippen molar-refractivity contribution in [2.24, 2.45) is 0 Å². The zero-order valence-electron chi connectivity index (χ0n) is 12.9. The number of nitrogens with zero attached hydrogens (tertiary/aromatic N) is 2. The molecule has 2 aliphatic heterocycles. The second-order valence-electron chi connectivity index (χ2n) is 6.22. The summed E-state index contributed by atoms with van der Waals surface area (Å²) >= 11 is 0. The van der Waals surface area contributed by atoms with Gasteiger partial charge in [-0.2, -0.15) is 0 Å². The number of para-hydroxylation sites is 1. The van der Waals surface area contributed by atoms with Crippen molar-refractivity contribution in [3.05, 3.63) is 29.8 Å². The number of amides is 1. The van der Waals surface area contributed by atoms with Crippen molar-refractivity contribution in [1.82, 2.24) is 4.90 Å². The maximum absolute atomic E-state index is 12.5. The minimum absolute atomic E-state index is 0.00111. The molecule has 0 radical (unpaired) electrons. The molecular formula is C16H22N2O3S. The summed E-state index contributed by atoms with van der Waals surface area (Å²) in [7, 11) is -1.24. The quantitative estimate of drug-likeness (QED) is 0.836. The molecule has 22 heavy (non-hydrogen) atoms. The SMILES string of the molecule is CN(C(=O)CN1CCCc2ccccc21)[C@H]1CCS(=O)(=O)C1. The molecule has 0 N–H and O–H groups in total. The van der Waals surface area contributed by atoms with Gasteiger partial charge in [-0.15, -0.1) is 0 Å². The molecule has 0 aromatic heterocycles. The van der Waals surface area contributed by atoms with Crippen molar-refractivity contribution in [3.63, 3.8) is 0 Å². The lowest BCUT2D eigenvalue weighted by Crippen LogP contribution is -2.45. The fourth-order valence-electron chi connectivity index (χ4n) is 3.34. The van der Waals surface area contributed by atoms with E-state index in [-0.39, 0.29) is 23.5 Å². The number of hydrogen-bond acceptors (Lipinski definition) is 4. The molecule has 0 spiro atoms. The molecule has 1 aromatic carbocycles. The molecule has 5 nitrogen and oxygen atoms in total. The molecule has 0 unspecified atom stereocenters. The number of rotatable bonds is 3. The molecule has 120 valence electrons. The normalized spacial score (nSPS) is 23.1. The lowest BCUT2D eigenvalue weighted by atomic mass is 10.0. The Bertz CT molecular complexity index is 672. The number of fused-ring (bicyclic) bond motifs is 1. The summed E-state index contributed by atoms with van der Waals surface area (Å²) in [6.07, 6.45) is 2.66. The van der Waals surface area contributed by atoms with Crippen LogP contribution in [0, 0.1) is 0 Å². The Kier molecular flexibility index (Phi) is 4.12. The molecule has 2 aliphatic rings. The highest BCUT2D eigenvalue weighted by Gasteiger charge is 2.33. The topological polar surface area (TPSA) is 57.7 Å². The van der Waals surface area contributed by atoms with Gasteiger partial charge in [0, 0.05) is 25.3 Å². The second kappa shape index (κ2) is 5.91. The Balaban J connectivity index is 1.68. The Labute approximate surface area is 131 Å². The van der Waals surface area contributed by atoms with Crippen molar-refractivity contribution in [1.29, 1.82) is 0 Å². The van der Waals surface area contributed by atoms with Crippen molar-refractivity contribution >= 4 is 21.4 Å². The van der Waals surface area contributed by atoms with E-state index in [1.165, 1.54) is 5.56 Å². The maximum Gasteiger partial charge on any atom is 0.242 e. The van der Waals surface area contributed by atoms with Gasteiger partial charge in [-0.05, 0) is 30.9 Å². The van der Waals surface area contributed by atoms with Crippen LogP contribution in [0.15, 0.2) is 24.3 Å². The molecule has 2 heterocycles. The average molecular weight is 322 g/mol.